The molecule has 0 radical (unpaired) electrons. The number of aliphatic hydroxyl groups is 1. The monoisotopic (exact) mass is 545 g/mol. The Bertz CT molecular complexity index is 1260. The zero-order valence-electron chi connectivity index (χ0n) is 22.9. The lowest BCUT2D eigenvalue weighted by molar-refractivity contribution is -0.181. The van der Waals surface area contributed by atoms with Crippen LogP contribution in [0.2, 0.25) is 0 Å². The fourth-order valence-corrected chi connectivity index (χ4v) is 6.67. The molecule has 2 unspecified atom stereocenters. The Kier molecular flexibility index (Phi) is 7.57. The van der Waals surface area contributed by atoms with Gasteiger partial charge >= 0.3 is 0 Å². The number of nitrogens with zero attached hydrogens (tertiary/aromatic N) is 2. The summed E-state index contributed by atoms with van der Waals surface area (Å²) in [7, 11) is 4.85. The molecule has 1 amide bonds. The van der Waals surface area contributed by atoms with Gasteiger partial charge in [0.2, 0.25) is 5.91 Å². The molecule has 3 aliphatic carbocycles. The summed E-state index contributed by atoms with van der Waals surface area (Å²) >= 11 is 0. The summed E-state index contributed by atoms with van der Waals surface area (Å²) in [4.78, 5) is 69.1. The molecule has 4 N–H and O–H groups in total. The van der Waals surface area contributed by atoms with Gasteiger partial charge in [-0.3, -0.25) is 28.9 Å². The number of rotatable bonds is 7. The number of ketones is 4. The Morgan fingerprint density at radius 2 is 1.82 bits per heavy atom. The number of carbonyl (C=O) groups excluding carboxylic acids is 5. The number of hydrogen-bond acceptors (Lipinski definition) is 9. The van der Waals surface area contributed by atoms with Crippen LogP contribution in [-0.4, -0.2) is 88.4 Å². The summed E-state index contributed by atoms with van der Waals surface area (Å²) in [6.45, 7) is 5.06. The molecule has 0 aromatic heterocycles. The summed E-state index contributed by atoms with van der Waals surface area (Å²) in [6.07, 6.45) is 0.669. The van der Waals surface area contributed by atoms with Crippen LogP contribution >= 0.6 is 0 Å². The molecule has 212 valence electrons. The first-order valence-electron chi connectivity index (χ1n) is 13.2. The zero-order chi connectivity index (χ0) is 29.1. The SMILES string of the molecule is CC(C)CCN(C)Cc1cc(O)c2c(c1F)C[C@H]1C[C@H]3[C@H](N(C)C)C(=O)C(C(N)=O)C(=O)[C@@]3(O)C(=O)C1C2=O. The summed E-state index contributed by atoms with van der Waals surface area (Å²) in [6, 6.07) is -0.0237. The molecule has 11 heteroatoms. The largest absolute Gasteiger partial charge is 0.507 e. The van der Waals surface area contributed by atoms with Crippen molar-refractivity contribution in [1.29, 1.82) is 0 Å². The van der Waals surface area contributed by atoms with Crippen LogP contribution in [0.25, 0.3) is 0 Å². The van der Waals surface area contributed by atoms with E-state index in [1.54, 1.807) is 0 Å². The number of hydrogen-bond donors (Lipinski definition) is 3. The lowest BCUT2D eigenvalue weighted by Gasteiger charge is -2.52. The van der Waals surface area contributed by atoms with E-state index in [1.165, 1.54) is 25.1 Å². The van der Waals surface area contributed by atoms with Gasteiger partial charge in [0.1, 0.15) is 11.6 Å². The lowest BCUT2D eigenvalue weighted by Crippen LogP contribution is -2.74. The lowest BCUT2D eigenvalue weighted by atomic mass is 9.52. The Labute approximate surface area is 226 Å². The van der Waals surface area contributed by atoms with E-state index in [4.69, 9.17) is 5.73 Å². The maximum Gasteiger partial charge on any atom is 0.235 e. The first-order valence-corrected chi connectivity index (χ1v) is 13.2. The fourth-order valence-electron chi connectivity index (χ4n) is 6.67. The molecular formula is C28H36FN3O7. The number of primary amides is 1. The van der Waals surface area contributed by atoms with Gasteiger partial charge in [0.25, 0.3) is 0 Å². The number of nitrogens with two attached hydrogens (primary N) is 1. The van der Waals surface area contributed by atoms with Gasteiger partial charge in [-0.15, -0.1) is 0 Å². The van der Waals surface area contributed by atoms with Crippen molar-refractivity contribution >= 4 is 29.0 Å². The van der Waals surface area contributed by atoms with Crippen molar-refractivity contribution in [3.63, 3.8) is 0 Å². The second-order valence-electron chi connectivity index (χ2n) is 11.9. The van der Waals surface area contributed by atoms with E-state index in [0.717, 1.165) is 6.42 Å². The van der Waals surface area contributed by atoms with Gasteiger partial charge in [-0.25, -0.2) is 4.39 Å². The number of likely N-dealkylation sites (N-methyl/N-ethyl adjacent to an activating group) is 1. The van der Waals surface area contributed by atoms with Crippen molar-refractivity contribution < 1.29 is 38.6 Å². The third-order valence-electron chi connectivity index (χ3n) is 8.60. The first kappa shape index (κ1) is 29.0. The minimum Gasteiger partial charge on any atom is -0.507 e. The van der Waals surface area contributed by atoms with Gasteiger partial charge in [-0.1, -0.05) is 13.8 Å². The Hall–Kier alpha value is -3.02. The third-order valence-corrected chi connectivity index (χ3v) is 8.60. The summed E-state index contributed by atoms with van der Waals surface area (Å²) < 4.78 is 15.8. The van der Waals surface area contributed by atoms with E-state index in [-0.39, 0.29) is 36.1 Å². The van der Waals surface area contributed by atoms with Crippen LogP contribution in [-0.2, 0) is 32.1 Å². The van der Waals surface area contributed by atoms with Crippen LogP contribution in [0.1, 0.15) is 48.2 Å². The number of halogens is 1. The molecule has 0 spiro atoms. The Morgan fingerprint density at radius 1 is 1.18 bits per heavy atom. The number of aromatic hydroxyl groups is 1. The van der Waals surface area contributed by atoms with Gasteiger partial charge in [0.15, 0.2) is 34.7 Å². The highest BCUT2D eigenvalue weighted by atomic mass is 19.1. The minimum atomic E-state index is -2.80. The van der Waals surface area contributed by atoms with Crippen LogP contribution in [0.15, 0.2) is 6.07 Å². The van der Waals surface area contributed by atoms with Gasteiger partial charge < -0.3 is 20.8 Å². The molecule has 10 nitrogen and oxygen atoms in total. The normalized spacial score (nSPS) is 30.6. The van der Waals surface area contributed by atoms with E-state index < -0.39 is 75.9 Å². The van der Waals surface area contributed by atoms with Crippen molar-refractivity contribution in [2.75, 3.05) is 27.7 Å². The average molecular weight is 546 g/mol. The van der Waals surface area contributed by atoms with E-state index in [2.05, 4.69) is 13.8 Å². The molecule has 3 aliphatic rings. The van der Waals surface area contributed by atoms with Gasteiger partial charge in [-0.05, 0) is 64.9 Å². The second-order valence-corrected chi connectivity index (χ2v) is 11.9. The first-order chi connectivity index (χ1) is 18.1. The molecule has 1 aromatic carbocycles. The van der Waals surface area contributed by atoms with Crippen molar-refractivity contribution in [3.05, 3.63) is 28.6 Å². The topological polar surface area (TPSA) is 158 Å². The average Bonchev–Trinajstić information content (AvgIpc) is 2.82. The quantitative estimate of drug-likeness (QED) is 0.415. The molecule has 1 aromatic rings. The standard InChI is InChI=1S/C28H36FN3O7/c1-12(2)6-7-32(5)11-14-10-17(33)19-15(21(14)29)8-13-9-16-22(31(3)4)24(35)20(27(30)38)26(37)28(16,39)25(36)18(13)23(19)34/h10,12-13,16,18,20,22,33,39H,6-9,11H2,1-5H3,(H2,30,38)/t13-,16-,18?,20?,22-,28-/m0/s1. The Morgan fingerprint density at radius 3 is 2.38 bits per heavy atom. The minimum absolute atomic E-state index is 0.0170. The molecule has 0 bridgehead atoms. The summed E-state index contributed by atoms with van der Waals surface area (Å²) in [5.74, 6) is -11.8. The molecule has 4 rings (SSSR count). The zero-order valence-corrected chi connectivity index (χ0v) is 22.9. The van der Waals surface area contributed by atoms with Crippen LogP contribution in [0.5, 0.6) is 5.75 Å². The predicted molar refractivity (Wildman–Crippen MR) is 137 cm³/mol. The highest BCUT2D eigenvalue weighted by molar-refractivity contribution is 6.32. The number of Topliss-reactive ketones (excluding diaryl/α,β-unsaturated/α-hetero) is 4. The van der Waals surface area contributed by atoms with Crippen LogP contribution < -0.4 is 5.73 Å². The molecular weight excluding hydrogens is 509 g/mol. The molecule has 2 saturated carbocycles. The number of phenols is 1. The van der Waals surface area contributed by atoms with Gasteiger partial charge in [0.05, 0.1) is 17.5 Å². The van der Waals surface area contributed by atoms with Crippen molar-refractivity contribution in [2.24, 2.45) is 35.3 Å². The van der Waals surface area contributed by atoms with E-state index in [1.807, 2.05) is 11.9 Å². The van der Waals surface area contributed by atoms with E-state index in [0.29, 0.717) is 12.5 Å². The summed E-state index contributed by atoms with van der Waals surface area (Å²) in [5.41, 5.74) is 2.36. The number of fused-ring (bicyclic) bond motifs is 3. The number of carbonyl (C=O) groups is 5. The Balaban J connectivity index is 1.76. The predicted octanol–water partition coefficient (Wildman–Crippen LogP) is 0.484. The molecule has 6 atom stereocenters. The third kappa shape index (κ3) is 4.50. The van der Waals surface area contributed by atoms with Gasteiger partial charge in [-0.2, -0.15) is 0 Å². The molecule has 0 aliphatic heterocycles. The van der Waals surface area contributed by atoms with Crippen LogP contribution in [0.4, 0.5) is 4.39 Å². The second kappa shape index (κ2) is 10.2. The van der Waals surface area contributed by atoms with E-state index in [9.17, 15) is 34.2 Å². The van der Waals surface area contributed by atoms with Crippen molar-refractivity contribution in [1.82, 2.24) is 9.80 Å². The number of benzene rings is 1. The van der Waals surface area contributed by atoms with Crippen LogP contribution in [0, 0.1) is 35.4 Å². The highest BCUT2D eigenvalue weighted by Gasteiger charge is 2.69. The molecule has 39 heavy (non-hydrogen) atoms. The smallest absolute Gasteiger partial charge is 0.235 e. The highest BCUT2D eigenvalue weighted by Crippen LogP contribution is 2.51. The maximum atomic E-state index is 15.8. The summed E-state index contributed by atoms with van der Waals surface area (Å²) in [5, 5.41) is 22.4. The number of phenolic OH excluding ortho intramolecular Hbond substituents is 1. The molecule has 2 fully saturated rings. The number of amides is 1. The van der Waals surface area contributed by atoms with Crippen molar-refractivity contribution in [2.45, 2.75) is 51.3 Å². The van der Waals surface area contributed by atoms with Crippen molar-refractivity contribution in [3.8, 4) is 5.75 Å². The molecule has 0 saturated heterocycles. The fraction of sp³-hybridized carbons (Fsp3) is 0.607. The van der Waals surface area contributed by atoms with Crippen LogP contribution in [0.3, 0.4) is 0 Å². The molecule has 0 heterocycles. The van der Waals surface area contributed by atoms with Gasteiger partial charge in [0, 0.05) is 23.6 Å². The maximum absolute atomic E-state index is 15.8. The van der Waals surface area contributed by atoms with E-state index >= 15 is 4.39 Å².